The van der Waals surface area contributed by atoms with Gasteiger partial charge < -0.3 is 9.87 Å². The van der Waals surface area contributed by atoms with Crippen molar-refractivity contribution >= 4 is 11.1 Å². The molecule has 0 aliphatic carbocycles. The van der Waals surface area contributed by atoms with Gasteiger partial charge in [-0.15, -0.1) is 0 Å². The van der Waals surface area contributed by atoms with Crippen LogP contribution in [0.5, 0.6) is 0 Å². The summed E-state index contributed by atoms with van der Waals surface area (Å²) in [6.07, 6.45) is 4.73. The lowest BCUT2D eigenvalue weighted by atomic mass is 9.90. The van der Waals surface area contributed by atoms with Crippen LogP contribution in [0.3, 0.4) is 0 Å². The molecule has 1 heterocycles. The Kier molecular flexibility index (Phi) is 5.35. The number of nitrogens with one attached hydrogen (secondary N) is 1. The van der Waals surface area contributed by atoms with Crippen molar-refractivity contribution < 1.29 is 8.76 Å². The van der Waals surface area contributed by atoms with Crippen LogP contribution in [0.15, 0.2) is 24.3 Å². The van der Waals surface area contributed by atoms with E-state index in [9.17, 15) is 4.21 Å². The maximum atomic E-state index is 10.9. The van der Waals surface area contributed by atoms with Gasteiger partial charge in [0.1, 0.15) is 0 Å². The molecule has 1 saturated heterocycles. The summed E-state index contributed by atoms with van der Waals surface area (Å²) in [4.78, 5) is 0. The zero-order valence-electron chi connectivity index (χ0n) is 10.6. The molecule has 0 radical (unpaired) electrons. The number of rotatable bonds is 5. The highest BCUT2D eigenvalue weighted by Crippen LogP contribution is 2.21. The van der Waals surface area contributed by atoms with Crippen LogP contribution >= 0.6 is 0 Å². The van der Waals surface area contributed by atoms with Gasteiger partial charge in [-0.25, -0.2) is 4.21 Å². The van der Waals surface area contributed by atoms with Crippen LogP contribution in [-0.2, 0) is 23.3 Å². The number of hydrogen-bond acceptors (Lipinski definition) is 2. The monoisotopic (exact) mass is 267 g/mol. The van der Waals surface area contributed by atoms with Crippen LogP contribution in [0.25, 0.3) is 0 Å². The van der Waals surface area contributed by atoms with Gasteiger partial charge in [-0.3, -0.25) is 0 Å². The number of piperidine rings is 1. The Morgan fingerprint density at radius 1 is 1.22 bits per heavy atom. The predicted molar refractivity (Wildman–Crippen MR) is 74.8 cm³/mol. The van der Waals surface area contributed by atoms with Gasteiger partial charge in [-0.05, 0) is 55.8 Å². The fourth-order valence-corrected chi connectivity index (χ4v) is 3.15. The Bertz CT molecular complexity index is 403. The van der Waals surface area contributed by atoms with Gasteiger partial charge in [0.2, 0.25) is 0 Å². The second-order valence-electron chi connectivity index (χ2n) is 4.97. The fraction of sp³-hybridized carbons (Fsp3) is 0.571. The lowest BCUT2D eigenvalue weighted by Gasteiger charge is -2.22. The van der Waals surface area contributed by atoms with E-state index in [0.29, 0.717) is 0 Å². The van der Waals surface area contributed by atoms with Crippen molar-refractivity contribution in [1.82, 2.24) is 5.32 Å². The standard InChI is InChI=1S/C14H21NO2S/c16-18(17)11-14-4-2-1-3-13(14)6-5-12-7-9-15-10-8-12/h1-4,12,15H,5-11H2,(H,16,17). The molecule has 1 aliphatic rings. The third kappa shape index (κ3) is 4.19. The SMILES string of the molecule is O=S(O)Cc1ccccc1CCC1CCNCC1. The molecule has 0 bridgehead atoms. The molecule has 0 aromatic heterocycles. The average molecular weight is 267 g/mol. The third-order valence-electron chi connectivity index (χ3n) is 3.68. The molecule has 18 heavy (non-hydrogen) atoms. The molecule has 100 valence electrons. The van der Waals surface area contributed by atoms with Crippen molar-refractivity contribution in [3.8, 4) is 0 Å². The quantitative estimate of drug-likeness (QED) is 0.805. The summed E-state index contributed by atoms with van der Waals surface area (Å²) >= 11 is -1.75. The van der Waals surface area contributed by atoms with Gasteiger partial charge in [0.25, 0.3) is 0 Å². The summed E-state index contributed by atoms with van der Waals surface area (Å²) in [7, 11) is 0. The van der Waals surface area contributed by atoms with E-state index in [4.69, 9.17) is 4.55 Å². The molecule has 0 spiro atoms. The normalized spacial score (nSPS) is 18.7. The van der Waals surface area contributed by atoms with E-state index in [0.717, 1.165) is 31.0 Å². The van der Waals surface area contributed by atoms with Crippen molar-refractivity contribution in [2.24, 2.45) is 5.92 Å². The van der Waals surface area contributed by atoms with Crippen LogP contribution in [0.1, 0.15) is 30.4 Å². The summed E-state index contributed by atoms with van der Waals surface area (Å²) in [5, 5.41) is 3.38. The Morgan fingerprint density at radius 2 is 1.89 bits per heavy atom. The first-order valence-corrected chi connectivity index (χ1v) is 7.88. The molecular weight excluding hydrogens is 246 g/mol. The van der Waals surface area contributed by atoms with Gasteiger partial charge in [-0.1, -0.05) is 24.3 Å². The first-order chi connectivity index (χ1) is 8.75. The topological polar surface area (TPSA) is 49.3 Å². The first kappa shape index (κ1) is 13.7. The van der Waals surface area contributed by atoms with E-state index in [-0.39, 0.29) is 5.75 Å². The van der Waals surface area contributed by atoms with E-state index in [1.807, 2.05) is 18.2 Å². The van der Waals surface area contributed by atoms with Gasteiger partial charge in [0.05, 0.1) is 5.75 Å². The molecule has 0 amide bonds. The van der Waals surface area contributed by atoms with Crippen molar-refractivity contribution in [3.05, 3.63) is 35.4 Å². The molecular formula is C14H21NO2S. The summed E-state index contributed by atoms with van der Waals surface area (Å²) in [5.74, 6) is 1.06. The van der Waals surface area contributed by atoms with Crippen molar-refractivity contribution in [1.29, 1.82) is 0 Å². The molecule has 1 aromatic rings. The molecule has 1 aliphatic heterocycles. The smallest absolute Gasteiger partial charge is 0.157 e. The lowest BCUT2D eigenvalue weighted by Crippen LogP contribution is -2.27. The number of benzene rings is 1. The van der Waals surface area contributed by atoms with Gasteiger partial charge in [0.15, 0.2) is 11.1 Å². The minimum atomic E-state index is -1.75. The zero-order valence-corrected chi connectivity index (χ0v) is 11.4. The van der Waals surface area contributed by atoms with Gasteiger partial charge >= 0.3 is 0 Å². The van der Waals surface area contributed by atoms with E-state index in [2.05, 4.69) is 11.4 Å². The highest BCUT2D eigenvalue weighted by molar-refractivity contribution is 7.78. The average Bonchev–Trinajstić information content (AvgIpc) is 2.38. The van der Waals surface area contributed by atoms with E-state index < -0.39 is 11.1 Å². The first-order valence-electron chi connectivity index (χ1n) is 6.60. The highest BCUT2D eigenvalue weighted by atomic mass is 32.2. The Hall–Kier alpha value is -0.710. The second kappa shape index (κ2) is 7.02. The van der Waals surface area contributed by atoms with Crippen LogP contribution in [0, 0.1) is 5.92 Å². The largest absolute Gasteiger partial charge is 0.317 e. The predicted octanol–water partition coefficient (Wildman–Crippen LogP) is 2.34. The van der Waals surface area contributed by atoms with Crippen LogP contribution in [0.4, 0.5) is 0 Å². The zero-order chi connectivity index (χ0) is 12.8. The molecule has 1 atom stereocenters. The molecule has 1 fully saturated rings. The van der Waals surface area contributed by atoms with Crippen molar-refractivity contribution in [2.45, 2.75) is 31.4 Å². The Morgan fingerprint density at radius 3 is 2.56 bits per heavy atom. The molecule has 2 rings (SSSR count). The lowest BCUT2D eigenvalue weighted by molar-refractivity contribution is 0.354. The molecule has 0 saturated carbocycles. The van der Waals surface area contributed by atoms with Crippen molar-refractivity contribution in [2.75, 3.05) is 13.1 Å². The van der Waals surface area contributed by atoms with Crippen LogP contribution in [-0.4, -0.2) is 21.9 Å². The van der Waals surface area contributed by atoms with E-state index in [1.54, 1.807) is 0 Å². The van der Waals surface area contributed by atoms with E-state index >= 15 is 0 Å². The minimum absolute atomic E-state index is 0.252. The summed E-state index contributed by atoms with van der Waals surface area (Å²) in [6, 6.07) is 8.01. The molecule has 1 aromatic carbocycles. The Labute approximate surface area is 111 Å². The fourth-order valence-electron chi connectivity index (χ4n) is 2.61. The number of hydrogen-bond donors (Lipinski definition) is 2. The second-order valence-corrected chi connectivity index (χ2v) is 5.90. The minimum Gasteiger partial charge on any atom is -0.317 e. The number of aryl methyl sites for hydroxylation is 1. The maximum Gasteiger partial charge on any atom is 0.157 e. The van der Waals surface area contributed by atoms with E-state index in [1.165, 1.54) is 24.8 Å². The van der Waals surface area contributed by atoms with Crippen LogP contribution < -0.4 is 5.32 Å². The maximum absolute atomic E-state index is 10.9. The molecule has 2 N–H and O–H groups in total. The third-order valence-corrected chi connectivity index (χ3v) is 4.24. The summed E-state index contributed by atoms with van der Waals surface area (Å²) < 4.78 is 19.9. The molecule has 1 unspecified atom stereocenters. The summed E-state index contributed by atoms with van der Waals surface area (Å²) in [6.45, 7) is 2.26. The van der Waals surface area contributed by atoms with Gasteiger partial charge in [0, 0.05) is 0 Å². The summed E-state index contributed by atoms with van der Waals surface area (Å²) in [5.41, 5.74) is 2.26. The molecule has 3 nitrogen and oxygen atoms in total. The molecule has 4 heteroatoms. The highest BCUT2D eigenvalue weighted by Gasteiger charge is 2.13. The van der Waals surface area contributed by atoms with Gasteiger partial charge in [-0.2, -0.15) is 0 Å². The van der Waals surface area contributed by atoms with Crippen LogP contribution in [0.2, 0.25) is 0 Å². The Balaban J connectivity index is 1.93. The van der Waals surface area contributed by atoms with Crippen molar-refractivity contribution in [3.63, 3.8) is 0 Å².